The highest BCUT2D eigenvalue weighted by atomic mass is 32.2. The summed E-state index contributed by atoms with van der Waals surface area (Å²) in [7, 11) is -3.78. The van der Waals surface area contributed by atoms with Crippen molar-refractivity contribution in [3.8, 4) is 0 Å². The van der Waals surface area contributed by atoms with Crippen molar-refractivity contribution in [2.45, 2.75) is 43.8 Å². The van der Waals surface area contributed by atoms with E-state index in [-0.39, 0.29) is 23.5 Å². The maximum absolute atomic E-state index is 12.7. The second-order valence-electron chi connectivity index (χ2n) is 5.90. The van der Waals surface area contributed by atoms with Gasteiger partial charge in [-0.3, -0.25) is 4.79 Å². The van der Waals surface area contributed by atoms with Crippen molar-refractivity contribution in [3.05, 3.63) is 29.8 Å². The molecular weight excluding hydrogens is 357 g/mol. The Labute approximate surface area is 145 Å². The number of alkyl halides is 3. The highest BCUT2D eigenvalue weighted by Crippen LogP contribution is 2.31. The Hall–Kier alpha value is -1.61. The number of nitrogens with zero attached hydrogens (tertiary/aromatic N) is 2. The van der Waals surface area contributed by atoms with Crippen LogP contribution in [0.1, 0.15) is 37.0 Å². The molecular formula is C16H21F3N2O3S. The van der Waals surface area contributed by atoms with Gasteiger partial charge in [-0.2, -0.15) is 17.5 Å². The van der Waals surface area contributed by atoms with Gasteiger partial charge in [-0.1, -0.05) is 19.9 Å². The lowest BCUT2D eigenvalue weighted by Gasteiger charge is -2.24. The van der Waals surface area contributed by atoms with Gasteiger partial charge in [-0.25, -0.2) is 8.42 Å². The van der Waals surface area contributed by atoms with Gasteiger partial charge >= 0.3 is 6.18 Å². The van der Waals surface area contributed by atoms with Gasteiger partial charge in [0.15, 0.2) is 0 Å². The summed E-state index contributed by atoms with van der Waals surface area (Å²) in [5.74, 6) is -0.795. The van der Waals surface area contributed by atoms with Crippen LogP contribution < -0.4 is 0 Å². The minimum Gasteiger partial charge on any atom is -0.327 e. The molecule has 2 rings (SSSR count). The van der Waals surface area contributed by atoms with Crippen LogP contribution in [0.5, 0.6) is 0 Å². The molecule has 0 bridgehead atoms. The van der Waals surface area contributed by atoms with Crippen molar-refractivity contribution in [2.75, 3.05) is 19.6 Å². The summed E-state index contributed by atoms with van der Waals surface area (Å²) in [6, 6.07) is 4.78. The van der Waals surface area contributed by atoms with E-state index in [2.05, 4.69) is 0 Å². The summed E-state index contributed by atoms with van der Waals surface area (Å²) >= 11 is 0. The SMILES string of the molecule is CCN(CC)S(=O)(=O)c1cccc(C(=O)N(CC(F)(F)F)C2CC2)c1. The zero-order valence-corrected chi connectivity index (χ0v) is 14.9. The molecule has 9 heteroatoms. The van der Waals surface area contributed by atoms with Crippen molar-refractivity contribution in [2.24, 2.45) is 0 Å². The maximum Gasteiger partial charge on any atom is 0.406 e. The maximum atomic E-state index is 12.7. The molecule has 0 aromatic heterocycles. The van der Waals surface area contributed by atoms with E-state index in [1.165, 1.54) is 22.5 Å². The van der Waals surface area contributed by atoms with E-state index in [9.17, 15) is 26.4 Å². The summed E-state index contributed by atoms with van der Waals surface area (Å²) < 4.78 is 64.5. The molecule has 1 aliphatic carbocycles. The van der Waals surface area contributed by atoms with E-state index < -0.39 is 34.7 Å². The quantitative estimate of drug-likeness (QED) is 0.733. The lowest BCUT2D eigenvalue weighted by atomic mass is 10.2. The standard InChI is InChI=1S/C16H21F3N2O3S/c1-3-20(4-2)25(23,24)14-7-5-6-12(10-14)15(22)21(13-8-9-13)11-16(17,18)19/h5-7,10,13H,3-4,8-9,11H2,1-2H3. The molecule has 1 aromatic rings. The molecule has 1 amide bonds. The summed E-state index contributed by atoms with van der Waals surface area (Å²) in [6.45, 7) is 2.57. The topological polar surface area (TPSA) is 57.7 Å². The molecule has 5 nitrogen and oxygen atoms in total. The molecule has 0 aliphatic heterocycles. The van der Waals surface area contributed by atoms with Crippen molar-refractivity contribution in [1.82, 2.24) is 9.21 Å². The van der Waals surface area contributed by atoms with Crippen molar-refractivity contribution < 1.29 is 26.4 Å². The van der Waals surface area contributed by atoms with Gasteiger partial charge in [-0.05, 0) is 31.0 Å². The third kappa shape index (κ3) is 4.72. The predicted octanol–water partition coefficient (Wildman–Crippen LogP) is 2.88. The lowest BCUT2D eigenvalue weighted by Crippen LogP contribution is -2.40. The molecule has 0 heterocycles. The first-order valence-corrected chi connectivity index (χ1v) is 9.52. The van der Waals surface area contributed by atoms with E-state index in [4.69, 9.17) is 0 Å². The average Bonchev–Trinajstić information content (AvgIpc) is 3.37. The fourth-order valence-electron chi connectivity index (χ4n) is 2.61. The number of carbonyl (C=O) groups excluding carboxylic acids is 1. The summed E-state index contributed by atoms with van der Waals surface area (Å²) in [4.78, 5) is 13.2. The zero-order valence-electron chi connectivity index (χ0n) is 14.1. The first-order chi connectivity index (χ1) is 11.6. The van der Waals surface area contributed by atoms with Gasteiger partial charge in [0.25, 0.3) is 5.91 Å². The Balaban J connectivity index is 2.32. The van der Waals surface area contributed by atoms with Gasteiger partial charge in [0.2, 0.25) is 10.0 Å². The number of carbonyl (C=O) groups is 1. The highest BCUT2D eigenvalue weighted by molar-refractivity contribution is 7.89. The monoisotopic (exact) mass is 378 g/mol. The van der Waals surface area contributed by atoms with E-state index >= 15 is 0 Å². The average molecular weight is 378 g/mol. The number of hydrogen-bond acceptors (Lipinski definition) is 3. The van der Waals surface area contributed by atoms with Crippen LogP contribution in [-0.2, 0) is 10.0 Å². The van der Waals surface area contributed by atoms with Crippen LogP contribution in [0, 0.1) is 0 Å². The molecule has 25 heavy (non-hydrogen) atoms. The fraction of sp³-hybridized carbons (Fsp3) is 0.562. The van der Waals surface area contributed by atoms with Gasteiger partial charge in [0, 0.05) is 24.7 Å². The summed E-state index contributed by atoms with van der Waals surface area (Å²) in [5, 5.41) is 0. The Morgan fingerprint density at radius 3 is 2.28 bits per heavy atom. The van der Waals surface area contributed by atoms with Crippen LogP contribution in [-0.4, -0.2) is 55.4 Å². The van der Waals surface area contributed by atoms with Crippen LogP contribution in [0.25, 0.3) is 0 Å². The Kier molecular flexibility index (Phi) is 5.78. The van der Waals surface area contributed by atoms with Gasteiger partial charge < -0.3 is 4.90 Å². The lowest BCUT2D eigenvalue weighted by molar-refractivity contribution is -0.141. The third-order valence-electron chi connectivity index (χ3n) is 4.02. The Morgan fingerprint density at radius 1 is 1.20 bits per heavy atom. The molecule has 1 aliphatic rings. The second-order valence-corrected chi connectivity index (χ2v) is 7.83. The van der Waals surface area contributed by atoms with E-state index in [1.54, 1.807) is 13.8 Å². The van der Waals surface area contributed by atoms with Gasteiger partial charge in [0.1, 0.15) is 6.54 Å². The molecule has 140 valence electrons. The number of hydrogen-bond donors (Lipinski definition) is 0. The minimum atomic E-state index is -4.50. The van der Waals surface area contributed by atoms with E-state index in [0.29, 0.717) is 12.8 Å². The fourth-order valence-corrected chi connectivity index (χ4v) is 4.12. The number of amides is 1. The molecule has 0 spiro atoms. The minimum absolute atomic E-state index is 0.0515. The van der Waals surface area contributed by atoms with Crippen LogP contribution in [0.15, 0.2) is 29.2 Å². The van der Waals surface area contributed by atoms with E-state index in [0.717, 1.165) is 11.0 Å². The number of rotatable bonds is 7. The molecule has 1 aromatic carbocycles. The molecule has 1 fully saturated rings. The first kappa shape index (κ1) is 19.7. The second kappa shape index (κ2) is 7.33. The van der Waals surface area contributed by atoms with Crippen molar-refractivity contribution in [3.63, 3.8) is 0 Å². The molecule has 0 atom stereocenters. The third-order valence-corrected chi connectivity index (χ3v) is 6.07. The normalized spacial score (nSPS) is 15.4. The first-order valence-electron chi connectivity index (χ1n) is 8.08. The summed E-state index contributed by atoms with van der Waals surface area (Å²) in [5.41, 5.74) is -0.0515. The summed E-state index contributed by atoms with van der Waals surface area (Å²) in [6.07, 6.45) is -3.44. The van der Waals surface area contributed by atoms with Crippen LogP contribution in [0.3, 0.4) is 0 Å². The largest absolute Gasteiger partial charge is 0.406 e. The van der Waals surface area contributed by atoms with Gasteiger partial charge in [-0.15, -0.1) is 0 Å². The Bertz CT molecular complexity index is 726. The van der Waals surface area contributed by atoms with Gasteiger partial charge in [0.05, 0.1) is 4.90 Å². The molecule has 0 unspecified atom stereocenters. The van der Waals surface area contributed by atoms with Crippen LogP contribution in [0.4, 0.5) is 13.2 Å². The predicted molar refractivity (Wildman–Crippen MR) is 86.7 cm³/mol. The Morgan fingerprint density at radius 2 is 1.80 bits per heavy atom. The number of sulfonamides is 1. The molecule has 1 saturated carbocycles. The molecule has 0 N–H and O–H groups in total. The van der Waals surface area contributed by atoms with Crippen molar-refractivity contribution in [1.29, 1.82) is 0 Å². The molecule has 0 radical (unpaired) electrons. The number of benzene rings is 1. The number of halogens is 3. The van der Waals surface area contributed by atoms with Crippen LogP contribution >= 0.6 is 0 Å². The smallest absolute Gasteiger partial charge is 0.327 e. The van der Waals surface area contributed by atoms with Crippen molar-refractivity contribution >= 4 is 15.9 Å². The van der Waals surface area contributed by atoms with E-state index in [1.807, 2.05) is 0 Å². The highest BCUT2D eigenvalue weighted by Gasteiger charge is 2.41. The van der Waals surface area contributed by atoms with Crippen LogP contribution in [0.2, 0.25) is 0 Å². The zero-order chi connectivity index (χ0) is 18.8. The molecule has 0 saturated heterocycles.